The van der Waals surface area contributed by atoms with Crippen molar-refractivity contribution < 1.29 is 14.3 Å². The molecule has 0 aliphatic carbocycles. The zero-order valence-corrected chi connectivity index (χ0v) is 8.56. The van der Waals surface area contributed by atoms with Gasteiger partial charge in [-0.3, -0.25) is 4.79 Å². The number of aliphatic carboxylic acids is 1. The monoisotopic (exact) mass is 246 g/mol. The zero-order chi connectivity index (χ0) is 10.0. The summed E-state index contributed by atoms with van der Waals surface area (Å²) in [6, 6.07) is 2.82. The number of hydrogen-bond donors (Lipinski definition) is 1. The van der Waals surface area contributed by atoms with Crippen LogP contribution in [0.3, 0.4) is 0 Å². The van der Waals surface area contributed by atoms with E-state index in [-0.39, 0.29) is 6.42 Å². The van der Waals surface area contributed by atoms with E-state index >= 15 is 0 Å². The number of carboxylic acids is 1. The molecule has 1 aromatic carbocycles. The Morgan fingerprint density at radius 1 is 1.62 bits per heavy atom. The standard InChI is InChI=1S/C9H8BrFO2/c1-5-2-7(10)8(11)3-6(5)4-9(12)13/h2-3H,4H2,1H3,(H,12,13). The number of hydrogen-bond acceptors (Lipinski definition) is 1. The van der Waals surface area contributed by atoms with Gasteiger partial charge in [0.1, 0.15) is 5.82 Å². The highest BCUT2D eigenvalue weighted by Gasteiger charge is 2.08. The molecule has 0 unspecified atom stereocenters. The van der Waals surface area contributed by atoms with Crippen molar-refractivity contribution in [3.05, 3.63) is 33.5 Å². The van der Waals surface area contributed by atoms with Gasteiger partial charge in [0.25, 0.3) is 0 Å². The molecule has 0 heterocycles. The molecule has 0 radical (unpaired) electrons. The second-order valence-corrected chi connectivity index (χ2v) is 3.62. The predicted molar refractivity (Wildman–Crippen MR) is 50.2 cm³/mol. The van der Waals surface area contributed by atoms with Gasteiger partial charge < -0.3 is 5.11 Å². The van der Waals surface area contributed by atoms with Gasteiger partial charge in [-0.15, -0.1) is 0 Å². The molecule has 70 valence electrons. The molecular weight excluding hydrogens is 239 g/mol. The molecule has 1 N–H and O–H groups in total. The average molecular weight is 247 g/mol. The van der Waals surface area contributed by atoms with Crippen molar-refractivity contribution in [1.29, 1.82) is 0 Å². The van der Waals surface area contributed by atoms with E-state index in [4.69, 9.17) is 5.11 Å². The van der Waals surface area contributed by atoms with Gasteiger partial charge >= 0.3 is 5.97 Å². The Bertz CT molecular complexity index is 350. The number of rotatable bonds is 2. The molecule has 1 aromatic rings. The summed E-state index contributed by atoms with van der Waals surface area (Å²) >= 11 is 3.02. The molecule has 4 heteroatoms. The Morgan fingerprint density at radius 3 is 2.77 bits per heavy atom. The highest BCUT2D eigenvalue weighted by molar-refractivity contribution is 9.10. The Morgan fingerprint density at radius 2 is 2.23 bits per heavy atom. The molecule has 0 amide bonds. The van der Waals surface area contributed by atoms with Crippen LogP contribution in [-0.4, -0.2) is 11.1 Å². The van der Waals surface area contributed by atoms with Gasteiger partial charge in [-0.25, -0.2) is 4.39 Å². The summed E-state index contributed by atoms with van der Waals surface area (Å²) < 4.78 is 13.3. The second kappa shape index (κ2) is 3.87. The van der Waals surface area contributed by atoms with Crippen molar-refractivity contribution in [3.63, 3.8) is 0 Å². The largest absolute Gasteiger partial charge is 0.481 e. The molecule has 0 aromatic heterocycles. The van der Waals surface area contributed by atoms with E-state index in [1.165, 1.54) is 6.07 Å². The molecule has 0 saturated carbocycles. The van der Waals surface area contributed by atoms with E-state index in [1.54, 1.807) is 13.0 Å². The number of carbonyl (C=O) groups is 1. The van der Waals surface area contributed by atoms with Crippen LogP contribution in [0.1, 0.15) is 11.1 Å². The van der Waals surface area contributed by atoms with Gasteiger partial charge in [0.05, 0.1) is 10.9 Å². The molecule has 0 aliphatic heterocycles. The highest BCUT2D eigenvalue weighted by Crippen LogP contribution is 2.20. The van der Waals surface area contributed by atoms with Crippen LogP contribution in [-0.2, 0) is 11.2 Å². The number of aryl methyl sites for hydroxylation is 1. The lowest BCUT2D eigenvalue weighted by Crippen LogP contribution is -2.02. The molecule has 1 rings (SSSR count). The molecule has 0 atom stereocenters. The molecular formula is C9H8BrFO2. The smallest absolute Gasteiger partial charge is 0.307 e. The minimum absolute atomic E-state index is 0.143. The van der Waals surface area contributed by atoms with Crippen molar-refractivity contribution in [2.75, 3.05) is 0 Å². The fourth-order valence-corrected chi connectivity index (χ4v) is 1.50. The predicted octanol–water partition coefficient (Wildman–Crippen LogP) is 2.52. The molecule has 0 fully saturated rings. The first-order valence-corrected chi connectivity index (χ1v) is 4.46. The van der Waals surface area contributed by atoms with Crippen LogP contribution in [0.5, 0.6) is 0 Å². The number of halogens is 2. The Hall–Kier alpha value is -0.900. The van der Waals surface area contributed by atoms with Crippen molar-refractivity contribution in [2.45, 2.75) is 13.3 Å². The molecule has 0 saturated heterocycles. The maximum Gasteiger partial charge on any atom is 0.307 e. The molecule has 2 nitrogen and oxygen atoms in total. The first kappa shape index (κ1) is 10.2. The van der Waals surface area contributed by atoms with Crippen LogP contribution in [0.2, 0.25) is 0 Å². The van der Waals surface area contributed by atoms with Gasteiger partial charge in [0.15, 0.2) is 0 Å². The van der Waals surface area contributed by atoms with Gasteiger partial charge in [-0.1, -0.05) is 0 Å². The van der Waals surface area contributed by atoms with E-state index in [9.17, 15) is 9.18 Å². The molecule has 0 spiro atoms. The summed E-state index contributed by atoms with van der Waals surface area (Å²) in [4.78, 5) is 10.4. The Balaban J connectivity index is 3.08. The highest BCUT2D eigenvalue weighted by atomic mass is 79.9. The Kier molecular flexibility index (Phi) is 3.03. The van der Waals surface area contributed by atoms with Gasteiger partial charge in [-0.05, 0) is 46.1 Å². The van der Waals surface area contributed by atoms with E-state index < -0.39 is 11.8 Å². The van der Waals surface area contributed by atoms with Crippen molar-refractivity contribution in [2.24, 2.45) is 0 Å². The topological polar surface area (TPSA) is 37.3 Å². The first-order chi connectivity index (χ1) is 6.00. The third-order valence-corrected chi connectivity index (χ3v) is 2.33. The van der Waals surface area contributed by atoms with Crippen LogP contribution >= 0.6 is 15.9 Å². The lowest BCUT2D eigenvalue weighted by molar-refractivity contribution is -0.136. The third kappa shape index (κ3) is 2.52. The maximum atomic E-state index is 13.0. The van der Waals surface area contributed by atoms with E-state index in [0.717, 1.165) is 5.56 Å². The van der Waals surface area contributed by atoms with Crippen molar-refractivity contribution in [3.8, 4) is 0 Å². The van der Waals surface area contributed by atoms with Gasteiger partial charge in [0.2, 0.25) is 0 Å². The number of benzene rings is 1. The van der Waals surface area contributed by atoms with Crippen LogP contribution in [0, 0.1) is 12.7 Å². The summed E-state index contributed by atoms with van der Waals surface area (Å²) in [5, 5.41) is 8.52. The van der Waals surface area contributed by atoms with Crippen LogP contribution in [0.4, 0.5) is 4.39 Å². The summed E-state index contributed by atoms with van der Waals surface area (Å²) in [6.07, 6.45) is -0.143. The van der Waals surface area contributed by atoms with Crippen molar-refractivity contribution >= 4 is 21.9 Å². The summed E-state index contributed by atoms with van der Waals surface area (Å²) in [5.74, 6) is -1.38. The lowest BCUT2D eigenvalue weighted by Gasteiger charge is -2.04. The van der Waals surface area contributed by atoms with E-state index in [1.807, 2.05) is 0 Å². The first-order valence-electron chi connectivity index (χ1n) is 3.67. The van der Waals surface area contributed by atoms with E-state index in [2.05, 4.69) is 15.9 Å². The normalized spacial score (nSPS) is 10.1. The van der Waals surface area contributed by atoms with Gasteiger partial charge in [0, 0.05) is 0 Å². The quantitative estimate of drug-likeness (QED) is 0.871. The van der Waals surface area contributed by atoms with Gasteiger partial charge in [-0.2, -0.15) is 0 Å². The SMILES string of the molecule is Cc1cc(Br)c(F)cc1CC(=O)O. The Labute approximate surface area is 83.5 Å². The lowest BCUT2D eigenvalue weighted by atomic mass is 10.1. The molecule has 13 heavy (non-hydrogen) atoms. The van der Waals surface area contributed by atoms with Crippen molar-refractivity contribution in [1.82, 2.24) is 0 Å². The molecule has 0 aliphatic rings. The minimum Gasteiger partial charge on any atom is -0.481 e. The fraction of sp³-hybridized carbons (Fsp3) is 0.222. The van der Waals surface area contributed by atoms with Crippen LogP contribution in [0.25, 0.3) is 0 Å². The fourth-order valence-electron chi connectivity index (χ4n) is 1.04. The van der Waals surface area contributed by atoms with Crippen LogP contribution < -0.4 is 0 Å². The summed E-state index contributed by atoms with van der Waals surface area (Å²) in [5.41, 5.74) is 1.28. The molecule has 0 bridgehead atoms. The summed E-state index contributed by atoms with van der Waals surface area (Å²) in [7, 11) is 0. The number of carboxylic acid groups (broad SMARTS) is 1. The minimum atomic E-state index is -0.954. The zero-order valence-electron chi connectivity index (χ0n) is 6.97. The summed E-state index contributed by atoms with van der Waals surface area (Å²) in [6.45, 7) is 1.75. The third-order valence-electron chi connectivity index (χ3n) is 1.72. The van der Waals surface area contributed by atoms with Crippen LogP contribution in [0.15, 0.2) is 16.6 Å². The second-order valence-electron chi connectivity index (χ2n) is 2.76. The van der Waals surface area contributed by atoms with E-state index in [0.29, 0.717) is 10.0 Å². The maximum absolute atomic E-state index is 13.0. The average Bonchev–Trinajstić information content (AvgIpc) is 1.99.